The highest BCUT2D eigenvalue weighted by atomic mass is 16.7. The van der Waals surface area contributed by atoms with Crippen molar-refractivity contribution >= 4 is 11.8 Å². The van der Waals surface area contributed by atoms with Crippen LogP contribution >= 0.6 is 0 Å². The Labute approximate surface area is 117 Å². The second kappa shape index (κ2) is 5.38. The number of carbonyl (C=O) groups is 1. The van der Waals surface area contributed by atoms with Gasteiger partial charge in [0.2, 0.25) is 0 Å². The lowest BCUT2D eigenvalue weighted by Crippen LogP contribution is -2.49. The van der Waals surface area contributed by atoms with E-state index in [2.05, 4.69) is 0 Å². The zero-order valence-electron chi connectivity index (χ0n) is 11.2. The highest BCUT2D eigenvalue weighted by molar-refractivity contribution is 5.71. The molecule has 1 aromatic carbocycles. The van der Waals surface area contributed by atoms with E-state index in [-0.39, 0.29) is 18.4 Å². The number of anilines is 1. The van der Waals surface area contributed by atoms with E-state index in [9.17, 15) is 4.79 Å². The van der Waals surface area contributed by atoms with E-state index in [0.717, 1.165) is 5.69 Å². The average Bonchev–Trinajstić information content (AvgIpc) is 2.80. The predicted molar refractivity (Wildman–Crippen MR) is 74.7 cm³/mol. The van der Waals surface area contributed by atoms with Crippen molar-refractivity contribution in [3.63, 3.8) is 0 Å². The van der Waals surface area contributed by atoms with Crippen molar-refractivity contribution in [1.82, 2.24) is 4.90 Å². The molecular formula is C15H16N2O3. The molecule has 0 N–H and O–H groups in total. The molecule has 0 saturated carbocycles. The third-order valence-electron chi connectivity index (χ3n) is 3.16. The number of hydrogen-bond acceptors (Lipinski definition) is 4. The molecule has 0 fully saturated rings. The van der Waals surface area contributed by atoms with E-state index < -0.39 is 0 Å². The normalized spacial score (nSPS) is 23.9. The molecule has 4 rings (SSSR count). The molecule has 5 heteroatoms. The fourth-order valence-corrected chi connectivity index (χ4v) is 2.24. The van der Waals surface area contributed by atoms with Crippen LogP contribution in [0.25, 0.3) is 0 Å². The summed E-state index contributed by atoms with van der Waals surface area (Å²) in [4.78, 5) is 19.4. The van der Waals surface area contributed by atoms with Crippen LogP contribution in [-0.4, -0.2) is 29.9 Å². The van der Waals surface area contributed by atoms with Crippen molar-refractivity contribution < 1.29 is 14.4 Å². The highest BCUT2D eigenvalue weighted by Crippen LogP contribution is 2.28. The first kappa shape index (κ1) is 12.7. The minimum absolute atomic E-state index is 0.175. The Morgan fingerprint density at radius 1 is 1.25 bits per heavy atom. The third kappa shape index (κ3) is 2.28. The maximum Gasteiger partial charge on any atom is 0.415 e. The van der Waals surface area contributed by atoms with Gasteiger partial charge in [0, 0.05) is 6.20 Å². The number of fused-ring (bicyclic) bond motifs is 2. The number of ether oxygens (including phenoxy) is 1. The van der Waals surface area contributed by atoms with Crippen molar-refractivity contribution in [3.8, 4) is 0 Å². The summed E-state index contributed by atoms with van der Waals surface area (Å²) in [6, 6.07) is 9.69. The molecule has 104 valence electrons. The van der Waals surface area contributed by atoms with Crippen molar-refractivity contribution in [3.05, 3.63) is 54.8 Å². The monoisotopic (exact) mass is 272 g/mol. The number of amides is 1. The van der Waals surface area contributed by atoms with Crippen LogP contribution in [0.2, 0.25) is 0 Å². The maximum absolute atomic E-state index is 12.1. The minimum atomic E-state index is -0.384. The lowest BCUT2D eigenvalue weighted by atomic mass is 10.2. The van der Waals surface area contributed by atoms with E-state index >= 15 is 0 Å². The molecule has 0 spiro atoms. The Hall–Kier alpha value is -2.27. The van der Waals surface area contributed by atoms with Crippen LogP contribution in [0.4, 0.5) is 10.5 Å². The molecule has 2 bridgehead atoms. The SMILES string of the molecule is CCOC(=O)N1C=C[C@H]2C=C[C@@H]1N(c1ccccc1)O2. The molecule has 2 atom stereocenters. The molecule has 3 aliphatic heterocycles. The summed E-state index contributed by atoms with van der Waals surface area (Å²) < 4.78 is 5.09. The van der Waals surface area contributed by atoms with Gasteiger partial charge in [0.05, 0.1) is 12.3 Å². The summed E-state index contributed by atoms with van der Waals surface area (Å²) in [7, 11) is 0. The van der Waals surface area contributed by atoms with E-state index in [1.807, 2.05) is 48.6 Å². The second-order valence-electron chi connectivity index (χ2n) is 4.48. The van der Waals surface area contributed by atoms with E-state index in [1.54, 1.807) is 18.2 Å². The second-order valence-corrected chi connectivity index (χ2v) is 4.48. The van der Waals surface area contributed by atoms with Crippen LogP contribution in [0.3, 0.4) is 0 Å². The molecule has 1 aromatic rings. The largest absolute Gasteiger partial charge is 0.449 e. The number of nitrogens with zero attached hydrogens (tertiary/aromatic N) is 2. The standard InChI is InChI=1S/C15H16N2O3/c1-2-19-15(18)16-11-10-13-8-9-14(16)17(20-13)12-6-4-3-5-7-12/h3-11,13-14H,2H2,1H3/t13-,14+/m1/s1. The summed E-state index contributed by atoms with van der Waals surface area (Å²) in [6.07, 6.45) is 6.52. The zero-order valence-corrected chi connectivity index (χ0v) is 11.2. The molecule has 3 heterocycles. The number of para-hydroxylation sites is 1. The van der Waals surface area contributed by atoms with Crippen LogP contribution in [-0.2, 0) is 9.57 Å². The zero-order chi connectivity index (χ0) is 13.9. The number of benzene rings is 1. The number of hydrogen-bond donors (Lipinski definition) is 0. The van der Waals surface area contributed by atoms with Gasteiger partial charge in [-0.05, 0) is 37.3 Å². The quantitative estimate of drug-likeness (QED) is 0.776. The Morgan fingerprint density at radius 2 is 2.05 bits per heavy atom. The Kier molecular flexibility index (Phi) is 3.43. The summed E-state index contributed by atoms with van der Waals surface area (Å²) in [5, 5.41) is 1.72. The molecule has 0 aromatic heterocycles. The Balaban J connectivity index is 1.92. The summed E-state index contributed by atoms with van der Waals surface area (Å²) in [5.74, 6) is 0. The van der Waals surface area contributed by atoms with E-state index in [0.29, 0.717) is 6.61 Å². The molecule has 0 radical (unpaired) electrons. The minimum Gasteiger partial charge on any atom is -0.449 e. The van der Waals surface area contributed by atoms with Crippen molar-refractivity contribution in [2.45, 2.75) is 19.2 Å². The predicted octanol–water partition coefficient (Wildman–Crippen LogP) is 2.67. The van der Waals surface area contributed by atoms with Gasteiger partial charge in [-0.2, -0.15) is 0 Å². The van der Waals surface area contributed by atoms with Crippen molar-refractivity contribution in [2.24, 2.45) is 0 Å². The van der Waals surface area contributed by atoms with Gasteiger partial charge >= 0.3 is 6.09 Å². The lowest BCUT2D eigenvalue weighted by molar-refractivity contribution is 0.0409. The molecule has 1 amide bonds. The first-order valence-electron chi connectivity index (χ1n) is 6.62. The molecule has 0 unspecified atom stereocenters. The van der Waals surface area contributed by atoms with Gasteiger partial charge in [0.1, 0.15) is 6.10 Å². The Bertz CT molecular complexity index is 541. The summed E-state index contributed by atoms with van der Waals surface area (Å²) in [6.45, 7) is 2.13. The van der Waals surface area contributed by atoms with Crippen LogP contribution in [0.5, 0.6) is 0 Å². The summed E-state index contributed by atoms with van der Waals surface area (Å²) >= 11 is 0. The van der Waals surface area contributed by atoms with E-state index in [1.165, 1.54) is 4.90 Å². The van der Waals surface area contributed by atoms with Gasteiger partial charge in [-0.1, -0.05) is 18.2 Å². The first-order valence-corrected chi connectivity index (χ1v) is 6.62. The molecular weight excluding hydrogens is 256 g/mol. The van der Waals surface area contributed by atoms with Crippen LogP contribution < -0.4 is 5.06 Å². The molecule has 3 aliphatic rings. The van der Waals surface area contributed by atoms with E-state index in [4.69, 9.17) is 9.57 Å². The van der Waals surface area contributed by atoms with Gasteiger partial charge in [-0.25, -0.2) is 9.86 Å². The fraction of sp³-hybridized carbons (Fsp3) is 0.267. The third-order valence-corrected chi connectivity index (χ3v) is 3.16. The van der Waals surface area contributed by atoms with Crippen LogP contribution in [0, 0.1) is 0 Å². The Morgan fingerprint density at radius 3 is 2.80 bits per heavy atom. The van der Waals surface area contributed by atoms with Gasteiger partial charge in [0.15, 0.2) is 6.17 Å². The topological polar surface area (TPSA) is 42.0 Å². The highest BCUT2D eigenvalue weighted by Gasteiger charge is 2.34. The molecule has 20 heavy (non-hydrogen) atoms. The molecule has 0 aliphatic carbocycles. The van der Waals surface area contributed by atoms with Crippen LogP contribution in [0.15, 0.2) is 54.8 Å². The summed E-state index contributed by atoms with van der Waals surface area (Å²) in [5.41, 5.74) is 0.893. The number of rotatable bonds is 2. The first-order chi connectivity index (χ1) is 9.79. The van der Waals surface area contributed by atoms with Crippen molar-refractivity contribution in [1.29, 1.82) is 0 Å². The molecule has 5 nitrogen and oxygen atoms in total. The molecule has 0 saturated heterocycles. The fourth-order valence-electron chi connectivity index (χ4n) is 2.24. The van der Waals surface area contributed by atoms with Gasteiger partial charge in [0.25, 0.3) is 0 Å². The number of hydroxylamine groups is 1. The smallest absolute Gasteiger partial charge is 0.415 e. The van der Waals surface area contributed by atoms with Crippen LogP contribution in [0.1, 0.15) is 6.92 Å². The average molecular weight is 272 g/mol. The lowest BCUT2D eigenvalue weighted by Gasteiger charge is -2.37. The number of carbonyl (C=O) groups excluding carboxylic acids is 1. The van der Waals surface area contributed by atoms with Gasteiger partial charge < -0.3 is 4.74 Å². The maximum atomic E-state index is 12.1. The van der Waals surface area contributed by atoms with Gasteiger partial charge in [-0.3, -0.25) is 9.74 Å². The van der Waals surface area contributed by atoms with Crippen molar-refractivity contribution in [2.75, 3.05) is 11.7 Å². The van der Waals surface area contributed by atoms with Gasteiger partial charge in [-0.15, -0.1) is 0 Å².